The molecular weight excluding hydrogens is 344 g/mol. The smallest absolute Gasteiger partial charge is 0.241 e. The SMILES string of the molecule is CCOc1ccc(NC(=O)C(C)N2CCN(CC(=O)NC3CC3)CC2)cc1. The zero-order chi connectivity index (χ0) is 19.2. The van der Waals surface area contributed by atoms with Crippen LogP contribution in [0, 0.1) is 0 Å². The molecule has 7 heteroatoms. The normalized spacial score (nSPS) is 19.3. The highest BCUT2D eigenvalue weighted by atomic mass is 16.5. The van der Waals surface area contributed by atoms with Gasteiger partial charge < -0.3 is 15.4 Å². The number of rotatable bonds is 8. The Balaban J connectivity index is 1.41. The summed E-state index contributed by atoms with van der Waals surface area (Å²) in [7, 11) is 0. The highest BCUT2D eigenvalue weighted by Crippen LogP contribution is 2.19. The number of nitrogens with zero attached hydrogens (tertiary/aromatic N) is 2. The van der Waals surface area contributed by atoms with Gasteiger partial charge in [-0.3, -0.25) is 19.4 Å². The molecule has 1 aliphatic heterocycles. The Morgan fingerprint density at radius 2 is 1.81 bits per heavy atom. The van der Waals surface area contributed by atoms with E-state index in [9.17, 15) is 9.59 Å². The lowest BCUT2D eigenvalue weighted by atomic mass is 10.2. The molecular formula is C20H30N4O3. The Morgan fingerprint density at radius 1 is 1.15 bits per heavy atom. The number of hydrogen-bond acceptors (Lipinski definition) is 5. The summed E-state index contributed by atoms with van der Waals surface area (Å²) in [5.74, 6) is 0.900. The van der Waals surface area contributed by atoms with E-state index >= 15 is 0 Å². The van der Waals surface area contributed by atoms with Gasteiger partial charge in [0.25, 0.3) is 0 Å². The minimum absolute atomic E-state index is 0.0147. The molecule has 1 heterocycles. The van der Waals surface area contributed by atoms with Crippen LogP contribution in [0.5, 0.6) is 5.75 Å². The van der Waals surface area contributed by atoms with Crippen molar-refractivity contribution in [2.45, 2.75) is 38.8 Å². The highest BCUT2D eigenvalue weighted by Gasteiger charge is 2.28. The van der Waals surface area contributed by atoms with Crippen molar-refractivity contribution >= 4 is 17.5 Å². The predicted octanol–water partition coefficient (Wildman–Crippen LogP) is 1.31. The third-order valence-electron chi connectivity index (χ3n) is 5.08. The third kappa shape index (κ3) is 5.94. The van der Waals surface area contributed by atoms with E-state index in [2.05, 4.69) is 20.4 Å². The number of hydrogen-bond donors (Lipinski definition) is 2. The molecule has 148 valence electrons. The van der Waals surface area contributed by atoms with Crippen molar-refractivity contribution in [1.82, 2.24) is 15.1 Å². The van der Waals surface area contributed by atoms with Gasteiger partial charge in [-0.05, 0) is 51.0 Å². The van der Waals surface area contributed by atoms with Crippen LogP contribution in [0.1, 0.15) is 26.7 Å². The van der Waals surface area contributed by atoms with Gasteiger partial charge in [0, 0.05) is 37.9 Å². The monoisotopic (exact) mass is 374 g/mol. The molecule has 1 aromatic carbocycles. The van der Waals surface area contributed by atoms with E-state index in [4.69, 9.17) is 4.74 Å². The highest BCUT2D eigenvalue weighted by molar-refractivity contribution is 5.94. The van der Waals surface area contributed by atoms with E-state index in [1.807, 2.05) is 38.1 Å². The maximum atomic E-state index is 12.5. The quantitative estimate of drug-likeness (QED) is 0.718. The predicted molar refractivity (Wildman–Crippen MR) is 105 cm³/mol. The number of piperazine rings is 1. The third-order valence-corrected chi connectivity index (χ3v) is 5.08. The summed E-state index contributed by atoms with van der Waals surface area (Å²) in [6.45, 7) is 8.13. The lowest BCUT2D eigenvalue weighted by Gasteiger charge is -2.37. The van der Waals surface area contributed by atoms with Crippen LogP contribution in [0.25, 0.3) is 0 Å². The second-order valence-corrected chi connectivity index (χ2v) is 7.28. The summed E-state index contributed by atoms with van der Waals surface area (Å²) < 4.78 is 5.42. The molecule has 1 aromatic rings. The van der Waals surface area contributed by atoms with E-state index in [0.717, 1.165) is 50.5 Å². The molecule has 1 atom stereocenters. The summed E-state index contributed by atoms with van der Waals surface area (Å²) in [5, 5.41) is 5.99. The summed E-state index contributed by atoms with van der Waals surface area (Å²) in [6, 6.07) is 7.62. The minimum atomic E-state index is -0.209. The Labute approximate surface area is 161 Å². The molecule has 1 aliphatic carbocycles. The number of ether oxygens (including phenoxy) is 1. The average molecular weight is 374 g/mol. The molecule has 3 rings (SSSR count). The van der Waals surface area contributed by atoms with Gasteiger partial charge in [-0.15, -0.1) is 0 Å². The van der Waals surface area contributed by atoms with Gasteiger partial charge in [-0.25, -0.2) is 0 Å². The van der Waals surface area contributed by atoms with Crippen LogP contribution in [-0.4, -0.2) is 73.0 Å². The van der Waals surface area contributed by atoms with E-state index < -0.39 is 0 Å². The summed E-state index contributed by atoms with van der Waals surface area (Å²) in [6.07, 6.45) is 2.22. The molecule has 0 spiro atoms. The first-order valence-corrected chi connectivity index (χ1v) is 9.84. The van der Waals surface area contributed by atoms with Crippen LogP contribution in [0.2, 0.25) is 0 Å². The van der Waals surface area contributed by atoms with Crippen molar-refractivity contribution in [3.63, 3.8) is 0 Å². The Bertz CT molecular complexity index is 637. The summed E-state index contributed by atoms with van der Waals surface area (Å²) in [4.78, 5) is 28.8. The molecule has 0 bridgehead atoms. The molecule has 1 unspecified atom stereocenters. The first-order chi connectivity index (χ1) is 13.0. The number of anilines is 1. The number of amides is 2. The van der Waals surface area contributed by atoms with Crippen molar-refractivity contribution in [1.29, 1.82) is 0 Å². The van der Waals surface area contributed by atoms with Crippen LogP contribution in [-0.2, 0) is 9.59 Å². The van der Waals surface area contributed by atoms with Crippen molar-refractivity contribution < 1.29 is 14.3 Å². The van der Waals surface area contributed by atoms with Crippen molar-refractivity contribution in [2.24, 2.45) is 0 Å². The fraction of sp³-hybridized carbons (Fsp3) is 0.600. The maximum absolute atomic E-state index is 12.5. The fourth-order valence-corrected chi connectivity index (χ4v) is 3.23. The molecule has 2 aliphatic rings. The van der Waals surface area contributed by atoms with E-state index in [-0.39, 0.29) is 17.9 Å². The Hall–Kier alpha value is -2.12. The van der Waals surface area contributed by atoms with Gasteiger partial charge in [0.2, 0.25) is 11.8 Å². The zero-order valence-electron chi connectivity index (χ0n) is 16.2. The van der Waals surface area contributed by atoms with Crippen molar-refractivity contribution in [2.75, 3.05) is 44.6 Å². The fourth-order valence-electron chi connectivity index (χ4n) is 3.23. The molecule has 1 saturated heterocycles. The van der Waals surface area contributed by atoms with Gasteiger partial charge in [-0.2, -0.15) is 0 Å². The van der Waals surface area contributed by atoms with E-state index in [1.54, 1.807) is 0 Å². The van der Waals surface area contributed by atoms with Crippen LogP contribution in [0.3, 0.4) is 0 Å². The lowest BCUT2D eigenvalue weighted by Crippen LogP contribution is -2.54. The molecule has 27 heavy (non-hydrogen) atoms. The molecule has 1 saturated carbocycles. The molecule has 2 N–H and O–H groups in total. The zero-order valence-corrected chi connectivity index (χ0v) is 16.2. The van der Waals surface area contributed by atoms with E-state index in [0.29, 0.717) is 19.2 Å². The molecule has 2 fully saturated rings. The standard InChI is InChI=1S/C20H30N4O3/c1-3-27-18-8-6-17(7-9-18)22-20(26)15(2)24-12-10-23(11-13-24)14-19(25)21-16-4-5-16/h6-9,15-16H,3-5,10-14H2,1-2H3,(H,21,25)(H,22,26). The first-order valence-electron chi connectivity index (χ1n) is 9.84. The Morgan fingerprint density at radius 3 is 2.41 bits per heavy atom. The van der Waals surface area contributed by atoms with Gasteiger partial charge in [0.05, 0.1) is 19.2 Å². The summed E-state index contributed by atoms with van der Waals surface area (Å²) >= 11 is 0. The molecule has 2 amide bonds. The molecule has 0 radical (unpaired) electrons. The van der Waals surface area contributed by atoms with Gasteiger partial charge in [0.15, 0.2) is 0 Å². The number of nitrogens with one attached hydrogen (secondary N) is 2. The molecule has 0 aromatic heterocycles. The summed E-state index contributed by atoms with van der Waals surface area (Å²) in [5.41, 5.74) is 0.769. The van der Waals surface area contributed by atoms with Crippen LogP contribution < -0.4 is 15.4 Å². The van der Waals surface area contributed by atoms with Crippen molar-refractivity contribution in [3.8, 4) is 5.75 Å². The minimum Gasteiger partial charge on any atom is -0.494 e. The topological polar surface area (TPSA) is 73.9 Å². The van der Waals surface area contributed by atoms with E-state index in [1.165, 1.54) is 0 Å². The maximum Gasteiger partial charge on any atom is 0.241 e. The lowest BCUT2D eigenvalue weighted by molar-refractivity contribution is -0.124. The van der Waals surface area contributed by atoms with Crippen LogP contribution in [0.4, 0.5) is 5.69 Å². The second-order valence-electron chi connectivity index (χ2n) is 7.28. The second kappa shape index (κ2) is 9.19. The van der Waals surface area contributed by atoms with Gasteiger partial charge in [0.1, 0.15) is 5.75 Å². The number of benzene rings is 1. The Kier molecular flexibility index (Phi) is 6.68. The number of carbonyl (C=O) groups is 2. The van der Waals surface area contributed by atoms with Crippen LogP contribution in [0.15, 0.2) is 24.3 Å². The first kappa shape index (κ1) is 19.6. The largest absolute Gasteiger partial charge is 0.494 e. The van der Waals surface area contributed by atoms with Gasteiger partial charge in [-0.1, -0.05) is 0 Å². The molecule has 7 nitrogen and oxygen atoms in total. The van der Waals surface area contributed by atoms with Gasteiger partial charge >= 0.3 is 0 Å². The average Bonchev–Trinajstić information content (AvgIpc) is 3.47. The number of carbonyl (C=O) groups excluding carboxylic acids is 2. The van der Waals surface area contributed by atoms with Crippen LogP contribution >= 0.6 is 0 Å². The van der Waals surface area contributed by atoms with Crippen molar-refractivity contribution in [3.05, 3.63) is 24.3 Å².